The lowest BCUT2D eigenvalue weighted by atomic mass is 10.1. The fourth-order valence-electron chi connectivity index (χ4n) is 3.04. The Morgan fingerprint density at radius 2 is 1.72 bits per heavy atom. The van der Waals surface area contributed by atoms with Gasteiger partial charge in [-0.2, -0.15) is 0 Å². The average molecular weight is 382 g/mol. The zero-order valence-electron chi connectivity index (χ0n) is 15.6. The quantitative estimate of drug-likeness (QED) is 0.308. The summed E-state index contributed by atoms with van der Waals surface area (Å²) in [5.74, 6) is 0.790. The summed E-state index contributed by atoms with van der Waals surface area (Å²) in [7, 11) is 0. The predicted octanol–water partition coefficient (Wildman–Crippen LogP) is 5.89. The van der Waals surface area contributed by atoms with E-state index >= 15 is 0 Å². The van der Waals surface area contributed by atoms with E-state index in [1.165, 1.54) is 6.07 Å². The van der Waals surface area contributed by atoms with Crippen molar-refractivity contribution in [2.75, 3.05) is 0 Å². The van der Waals surface area contributed by atoms with Crippen LogP contribution in [0.25, 0.3) is 23.1 Å². The number of pyridine rings is 1. The maximum atomic E-state index is 11.1. The zero-order chi connectivity index (χ0) is 20.1. The second-order valence-electron chi connectivity index (χ2n) is 6.52. The van der Waals surface area contributed by atoms with Gasteiger partial charge < -0.3 is 4.74 Å². The highest BCUT2D eigenvalue weighted by Crippen LogP contribution is 2.24. The molecule has 0 amide bonds. The van der Waals surface area contributed by atoms with Gasteiger partial charge in [-0.1, -0.05) is 54.6 Å². The monoisotopic (exact) mass is 382 g/mol. The molecule has 29 heavy (non-hydrogen) atoms. The van der Waals surface area contributed by atoms with E-state index in [1.807, 2.05) is 66.7 Å². The van der Waals surface area contributed by atoms with Gasteiger partial charge in [-0.25, -0.2) is 4.98 Å². The third-order valence-electron chi connectivity index (χ3n) is 4.48. The largest absolute Gasteiger partial charge is 0.489 e. The Labute approximate surface area is 168 Å². The van der Waals surface area contributed by atoms with Gasteiger partial charge in [0.15, 0.2) is 0 Å². The standard InChI is InChI=1S/C24H18N2O3/c27-26(28)24-11-5-10-23-22(24)15-14-20(25-23)13-12-18-8-4-9-21(16-18)29-17-19-6-2-1-3-7-19/h1-16H,17H2. The molecule has 3 aromatic carbocycles. The number of hydrogen-bond donors (Lipinski definition) is 0. The van der Waals surface area contributed by atoms with E-state index < -0.39 is 0 Å². The molecule has 4 rings (SSSR count). The van der Waals surface area contributed by atoms with Crippen molar-refractivity contribution >= 4 is 28.7 Å². The number of aromatic nitrogens is 1. The molecule has 0 aliphatic heterocycles. The summed E-state index contributed by atoms with van der Waals surface area (Å²) in [5.41, 5.74) is 3.49. The first-order valence-corrected chi connectivity index (χ1v) is 9.18. The Balaban J connectivity index is 1.51. The van der Waals surface area contributed by atoms with Crippen LogP contribution in [0.2, 0.25) is 0 Å². The van der Waals surface area contributed by atoms with Crippen LogP contribution in [0, 0.1) is 10.1 Å². The Morgan fingerprint density at radius 1 is 0.897 bits per heavy atom. The maximum Gasteiger partial charge on any atom is 0.278 e. The van der Waals surface area contributed by atoms with Crippen molar-refractivity contribution in [3.63, 3.8) is 0 Å². The van der Waals surface area contributed by atoms with Crippen LogP contribution in [0.5, 0.6) is 5.75 Å². The van der Waals surface area contributed by atoms with Crippen molar-refractivity contribution < 1.29 is 9.66 Å². The molecule has 1 heterocycles. The number of nitrogens with zero attached hydrogens (tertiary/aromatic N) is 2. The summed E-state index contributed by atoms with van der Waals surface area (Å²) < 4.78 is 5.86. The molecule has 0 unspecified atom stereocenters. The molecule has 0 bridgehead atoms. The van der Waals surface area contributed by atoms with Crippen LogP contribution in [0.15, 0.2) is 84.9 Å². The molecule has 0 N–H and O–H groups in total. The maximum absolute atomic E-state index is 11.1. The Kier molecular flexibility index (Phi) is 5.29. The van der Waals surface area contributed by atoms with E-state index in [1.54, 1.807) is 24.3 Å². The number of rotatable bonds is 6. The molecule has 0 saturated carbocycles. The van der Waals surface area contributed by atoms with E-state index in [4.69, 9.17) is 4.74 Å². The molecular formula is C24H18N2O3. The summed E-state index contributed by atoms with van der Waals surface area (Å²) in [5, 5.41) is 11.7. The van der Waals surface area contributed by atoms with Gasteiger partial charge >= 0.3 is 0 Å². The number of nitro groups is 1. The van der Waals surface area contributed by atoms with Gasteiger partial charge in [0.2, 0.25) is 0 Å². The first kappa shape index (κ1) is 18.4. The van der Waals surface area contributed by atoms with Gasteiger partial charge in [0.05, 0.1) is 21.5 Å². The molecule has 5 heteroatoms. The van der Waals surface area contributed by atoms with E-state index in [-0.39, 0.29) is 10.6 Å². The first-order valence-electron chi connectivity index (χ1n) is 9.18. The minimum atomic E-state index is -0.388. The second kappa shape index (κ2) is 8.35. The summed E-state index contributed by atoms with van der Waals surface area (Å²) in [4.78, 5) is 15.3. The van der Waals surface area contributed by atoms with Crippen molar-refractivity contribution in [3.05, 3.63) is 112 Å². The topological polar surface area (TPSA) is 65.3 Å². The molecular weight excluding hydrogens is 364 g/mol. The highest BCUT2D eigenvalue weighted by atomic mass is 16.6. The van der Waals surface area contributed by atoms with Gasteiger partial charge in [0.25, 0.3) is 5.69 Å². The summed E-state index contributed by atoms with van der Waals surface area (Å²) in [6.45, 7) is 0.513. The van der Waals surface area contributed by atoms with Crippen LogP contribution in [-0.2, 0) is 6.61 Å². The lowest BCUT2D eigenvalue weighted by Crippen LogP contribution is -1.94. The number of ether oxygens (including phenoxy) is 1. The minimum Gasteiger partial charge on any atom is -0.489 e. The molecule has 0 spiro atoms. The highest BCUT2D eigenvalue weighted by Gasteiger charge is 2.11. The van der Waals surface area contributed by atoms with Crippen molar-refractivity contribution in [1.82, 2.24) is 4.98 Å². The van der Waals surface area contributed by atoms with E-state index in [0.717, 1.165) is 22.6 Å². The molecule has 4 aromatic rings. The third-order valence-corrected chi connectivity index (χ3v) is 4.48. The van der Waals surface area contributed by atoms with Crippen LogP contribution >= 0.6 is 0 Å². The molecule has 0 atom stereocenters. The third kappa shape index (κ3) is 4.47. The molecule has 0 aliphatic rings. The van der Waals surface area contributed by atoms with E-state index in [9.17, 15) is 10.1 Å². The van der Waals surface area contributed by atoms with Crippen LogP contribution in [0.1, 0.15) is 16.8 Å². The van der Waals surface area contributed by atoms with Gasteiger partial charge in [0, 0.05) is 6.07 Å². The fraction of sp³-hybridized carbons (Fsp3) is 0.0417. The van der Waals surface area contributed by atoms with Crippen LogP contribution in [-0.4, -0.2) is 9.91 Å². The van der Waals surface area contributed by atoms with Gasteiger partial charge in [-0.05, 0) is 47.5 Å². The SMILES string of the molecule is O=[N+]([O-])c1cccc2nc(C=Cc3cccc(OCc4ccccc4)c3)ccc12. The van der Waals surface area contributed by atoms with Gasteiger partial charge in [-0.15, -0.1) is 0 Å². The normalized spacial score (nSPS) is 11.0. The molecule has 0 fully saturated rings. The summed E-state index contributed by atoms with van der Waals surface area (Å²) in [6.07, 6.45) is 3.83. The molecule has 5 nitrogen and oxygen atoms in total. The molecule has 0 saturated heterocycles. The fourth-order valence-corrected chi connectivity index (χ4v) is 3.04. The van der Waals surface area contributed by atoms with Crippen LogP contribution in [0.3, 0.4) is 0 Å². The Hall–Kier alpha value is -3.99. The van der Waals surface area contributed by atoms with E-state index in [0.29, 0.717) is 17.5 Å². The first-order chi connectivity index (χ1) is 14.2. The number of non-ortho nitro benzene ring substituents is 1. The number of hydrogen-bond acceptors (Lipinski definition) is 4. The highest BCUT2D eigenvalue weighted by molar-refractivity contribution is 5.89. The van der Waals surface area contributed by atoms with Crippen molar-refractivity contribution in [3.8, 4) is 5.75 Å². The van der Waals surface area contributed by atoms with Gasteiger partial charge in [-0.3, -0.25) is 10.1 Å². The minimum absolute atomic E-state index is 0.0637. The lowest BCUT2D eigenvalue weighted by Gasteiger charge is -2.07. The van der Waals surface area contributed by atoms with E-state index in [2.05, 4.69) is 4.98 Å². The van der Waals surface area contributed by atoms with Crippen molar-refractivity contribution in [1.29, 1.82) is 0 Å². The molecule has 142 valence electrons. The number of benzene rings is 3. The van der Waals surface area contributed by atoms with Crippen LogP contribution < -0.4 is 4.74 Å². The Bertz CT molecular complexity index is 1190. The molecule has 0 aliphatic carbocycles. The van der Waals surface area contributed by atoms with Crippen molar-refractivity contribution in [2.24, 2.45) is 0 Å². The Morgan fingerprint density at radius 3 is 2.55 bits per heavy atom. The molecule has 1 aromatic heterocycles. The second-order valence-corrected chi connectivity index (χ2v) is 6.52. The average Bonchev–Trinajstić information content (AvgIpc) is 2.76. The number of fused-ring (bicyclic) bond motifs is 1. The predicted molar refractivity (Wildman–Crippen MR) is 115 cm³/mol. The van der Waals surface area contributed by atoms with Crippen molar-refractivity contribution in [2.45, 2.75) is 6.61 Å². The zero-order valence-corrected chi connectivity index (χ0v) is 15.6. The molecule has 0 radical (unpaired) electrons. The smallest absolute Gasteiger partial charge is 0.278 e. The number of nitro benzene ring substituents is 1. The summed E-state index contributed by atoms with van der Waals surface area (Å²) >= 11 is 0. The lowest BCUT2D eigenvalue weighted by molar-refractivity contribution is -0.383. The van der Waals surface area contributed by atoms with Gasteiger partial charge in [0.1, 0.15) is 12.4 Å². The van der Waals surface area contributed by atoms with Crippen LogP contribution in [0.4, 0.5) is 5.69 Å². The summed E-state index contributed by atoms with van der Waals surface area (Å²) in [6, 6.07) is 26.3.